The molecule has 0 saturated carbocycles. The van der Waals surface area contributed by atoms with Crippen LogP contribution in [0.15, 0.2) is 18.3 Å². The first-order valence-corrected chi connectivity index (χ1v) is 7.55. The molecule has 3 heterocycles. The molecule has 0 aromatic carbocycles. The minimum absolute atomic E-state index is 0.558. The normalized spacial score (nSPS) is 17.9. The average Bonchev–Trinajstić information content (AvgIpc) is 2.90. The van der Waals surface area contributed by atoms with E-state index in [0.717, 1.165) is 29.4 Å². The van der Waals surface area contributed by atoms with Gasteiger partial charge >= 0.3 is 0 Å². The van der Waals surface area contributed by atoms with E-state index >= 15 is 0 Å². The number of rotatable bonds is 4. The van der Waals surface area contributed by atoms with Gasteiger partial charge in [-0.2, -0.15) is 0 Å². The van der Waals surface area contributed by atoms with Crippen molar-refractivity contribution >= 4 is 5.65 Å². The lowest BCUT2D eigenvalue weighted by Crippen LogP contribution is -2.34. The van der Waals surface area contributed by atoms with E-state index in [1.807, 2.05) is 12.1 Å². The van der Waals surface area contributed by atoms with Crippen molar-refractivity contribution in [2.75, 3.05) is 19.6 Å². The summed E-state index contributed by atoms with van der Waals surface area (Å²) >= 11 is 0. The predicted octanol–water partition coefficient (Wildman–Crippen LogP) is 1.46. The van der Waals surface area contributed by atoms with Crippen LogP contribution in [0.25, 0.3) is 5.65 Å². The predicted molar refractivity (Wildman–Crippen MR) is 79.4 cm³/mol. The van der Waals surface area contributed by atoms with Gasteiger partial charge in [0.15, 0.2) is 5.65 Å². The maximum atomic E-state index is 5.71. The number of likely N-dealkylation sites (tertiary alicyclic amines) is 1. The van der Waals surface area contributed by atoms with E-state index < -0.39 is 0 Å². The molecule has 108 valence electrons. The molecule has 2 aromatic heterocycles. The van der Waals surface area contributed by atoms with Crippen molar-refractivity contribution in [3.05, 3.63) is 29.7 Å². The van der Waals surface area contributed by atoms with Gasteiger partial charge in [-0.1, -0.05) is 13.0 Å². The lowest BCUT2D eigenvalue weighted by atomic mass is 9.93. The first kappa shape index (κ1) is 13.5. The number of hydrogen-bond donors (Lipinski definition) is 1. The Kier molecular flexibility index (Phi) is 3.98. The maximum Gasteiger partial charge on any atom is 0.160 e. The van der Waals surface area contributed by atoms with Gasteiger partial charge in [-0.05, 0) is 50.0 Å². The first-order chi connectivity index (χ1) is 9.80. The van der Waals surface area contributed by atoms with Crippen molar-refractivity contribution in [3.63, 3.8) is 0 Å². The standard InChI is InChI=1S/C15H23N5/c1-2-19-7-5-12(6-8-19)9-15-18-17-14-4-3-13(10-16)11-20(14)15/h3-4,11-12H,2,5-10,16H2,1H3. The molecule has 1 aliphatic heterocycles. The number of piperidine rings is 1. The molecule has 5 nitrogen and oxygen atoms in total. The quantitative estimate of drug-likeness (QED) is 0.916. The van der Waals surface area contributed by atoms with E-state index in [9.17, 15) is 0 Å². The number of fused-ring (bicyclic) bond motifs is 1. The van der Waals surface area contributed by atoms with Crippen LogP contribution in [-0.2, 0) is 13.0 Å². The topological polar surface area (TPSA) is 59.5 Å². The van der Waals surface area contributed by atoms with Gasteiger partial charge in [-0.25, -0.2) is 0 Å². The highest BCUT2D eigenvalue weighted by Gasteiger charge is 2.20. The zero-order valence-electron chi connectivity index (χ0n) is 12.1. The van der Waals surface area contributed by atoms with Crippen LogP contribution in [0.1, 0.15) is 31.2 Å². The van der Waals surface area contributed by atoms with Gasteiger partial charge < -0.3 is 10.6 Å². The second-order valence-electron chi connectivity index (χ2n) is 5.67. The third-order valence-electron chi connectivity index (χ3n) is 4.40. The Bertz CT molecular complexity index is 569. The summed E-state index contributed by atoms with van der Waals surface area (Å²) in [5, 5.41) is 8.61. The highest BCUT2D eigenvalue weighted by molar-refractivity contribution is 5.39. The highest BCUT2D eigenvalue weighted by Crippen LogP contribution is 2.21. The molecule has 3 rings (SSSR count). The van der Waals surface area contributed by atoms with Gasteiger partial charge in [0, 0.05) is 19.2 Å². The minimum Gasteiger partial charge on any atom is -0.326 e. The summed E-state index contributed by atoms with van der Waals surface area (Å²) in [6.45, 7) is 6.39. The van der Waals surface area contributed by atoms with Crippen LogP contribution in [-0.4, -0.2) is 39.1 Å². The smallest absolute Gasteiger partial charge is 0.160 e. The van der Waals surface area contributed by atoms with E-state index in [2.05, 4.69) is 32.6 Å². The minimum atomic E-state index is 0.558. The molecule has 0 unspecified atom stereocenters. The lowest BCUT2D eigenvalue weighted by Gasteiger charge is -2.30. The third kappa shape index (κ3) is 2.69. The lowest BCUT2D eigenvalue weighted by molar-refractivity contribution is 0.190. The SMILES string of the molecule is CCN1CCC(Cc2nnc3ccc(CN)cn23)CC1. The fraction of sp³-hybridized carbons (Fsp3) is 0.600. The first-order valence-electron chi connectivity index (χ1n) is 7.55. The Morgan fingerprint density at radius 1 is 1.25 bits per heavy atom. The van der Waals surface area contributed by atoms with Crippen LogP contribution in [0.4, 0.5) is 0 Å². The van der Waals surface area contributed by atoms with Crippen molar-refractivity contribution in [2.24, 2.45) is 11.7 Å². The fourth-order valence-electron chi connectivity index (χ4n) is 3.01. The second kappa shape index (κ2) is 5.89. The summed E-state index contributed by atoms with van der Waals surface area (Å²) in [7, 11) is 0. The summed E-state index contributed by atoms with van der Waals surface area (Å²) < 4.78 is 2.11. The van der Waals surface area contributed by atoms with Crippen molar-refractivity contribution in [1.29, 1.82) is 0 Å². The van der Waals surface area contributed by atoms with Crippen LogP contribution in [0.3, 0.4) is 0 Å². The summed E-state index contributed by atoms with van der Waals surface area (Å²) in [5.74, 6) is 1.80. The van der Waals surface area contributed by atoms with Crippen molar-refractivity contribution in [3.8, 4) is 0 Å². The molecule has 0 amide bonds. The second-order valence-corrected chi connectivity index (χ2v) is 5.67. The Balaban J connectivity index is 1.74. The number of hydrogen-bond acceptors (Lipinski definition) is 4. The zero-order valence-corrected chi connectivity index (χ0v) is 12.1. The maximum absolute atomic E-state index is 5.71. The van der Waals surface area contributed by atoms with E-state index in [-0.39, 0.29) is 0 Å². The molecule has 20 heavy (non-hydrogen) atoms. The Morgan fingerprint density at radius 3 is 2.75 bits per heavy atom. The molecule has 2 aromatic rings. The van der Waals surface area contributed by atoms with Gasteiger partial charge in [0.25, 0.3) is 0 Å². The summed E-state index contributed by atoms with van der Waals surface area (Å²) in [6, 6.07) is 4.02. The molecule has 0 bridgehead atoms. The number of nitrogens with zero attached hydrogens (tertiary/aromatic N) is 4. The largest absolute Gasteiger partial charge is 0.326 e. The molecule has 1 aliphatic rings. The molecular formula is C15H23N5. The molecule has 1 saturated heterocycles. The zero-order chi connectivity index (χ0) is 13.9. The van der Waals surface area contributed by atoms with Crippen molar-refractivity contribution in [2.45, 2.75) is 32.7 Å². The van der Waals surface area contributed by atoms with Crippen LogP contribution in [0.2, 0.25) is 0 Å². The van der Waals surface area contributed by atoms with Crippen molar-refractivity contribution in [1.82, 2.24) is 19.5 Å². The van der Waals surface area contributed by atoms with Gasteiger partial charge in [-0.15, -0.1) is 10.2 Å². The van der Waals surface area contributed by atoms with Gasteiger partial charge in [0.1, 0.15) is 5.82 Å². The Morgan fingerprint density at radius 2 is 2.05 bits per heavy atom. The molecular weight excluding hydrogens is 250 g/mol. The number of aromatic nitrogens is 3. The molecule has 1 fully saturated rings. The summed E-state index contributed by atoms with van der Waals surface area (Å²) in [6.07, 6.45) is 5.62. The van der Waals surface area contributed by atoms with E-state index in [4.69, 9.17) is 5.73 Å². The van der Waals surface area contributed by atoms with Crippen LogP contribution in [0, 0.1) is 5.92 Å². The average molecular weight is 273 g/mol. The number of pyridine rings is 1. The molecule has 2 N–H and O–H groups in total. The monoisotopic (exact) mass is 273 g/mol. The van der Waals surface area contributed by atoms with Crippen molar-refractivity contribution < 1.29 is 0 Å². The van der Waals surface area contributed by atoms with E-state index in [1.54, 1.807) is 0 Å². The fourth-order valence-corrected chi connectivity index (χ4v) is 3.01. The highest BCUT2D eigenvalue weighted by atomic mass is 15.2. The van der Waals surface area contributed by atoms with Crippen LogP contribution < -0.4 is 5.73 Å². The van der Waals surface area contributed by atoms with Crippen LogP contribution >= 0.6 is 0 Å². The Labute approximate surface area is 119 Å². The molecule has 0 spiro atoms. The molecule has 0 aliphatic carbocycles. The number of nitrogens with two attached hydrogens (primary N) is 1. The van der Waals surface area contributed by atoms with Crippen LogP contribution in [0.5, 0.6) is 0 Å². The van der Waals surface area contributed by atoms with E-state index in [1.165, 1.54) is 32.5 Å². The summed E-state index contributed by atoms with van der Waals surface area (Å²) in [5.41, 5.74) is 7.76. The third-order valence-corrected chi connectivity index (χ3v) is 4.40. The molecule has 5 heteroatoms. The van der Waals surface area contributed by atoms with Gasteiger partial charge in [0.05, 0.1) is 0 Å². The van der Waals surface area contributed by atoms with E-state index in [0.29, 0.717) is 6.54 Å². The van der Waals surface area contributed by atoms with Gasteiger partial charge in [0.2, 0.25) is 0 Å². The van der Waals surface area contributed by atoms with Gasteiger partial charge in [-0.3, -0.25) is 4.40 Å². The summed E-state index contributed by atoms with van der Waals surface area (Å²) in [4.78, 5) is 2.52. The molecule has 0 atom stereocenters. The Hall–Kier alpha value is -1.46. The molecule has 0 radical (unpaired) electrons.